The van der Waals surface area contributed by atoms with E-state index < -0.39 is 26.9 Å². The van der Waals surface area contributed by atoms with Gasteiger partial charge in [0.15, 0.2) is 27.2 Å². The van der Waals surface area contributed by atoms with Crippen molar-refractivity contribution in [3.63, 3.8) is 0 Å². The summed E-state index contributed by atoms with van der Waals surface area (Å²) in [6.07, 6.45) is 4.76. The maximum atomic E-state index is 13.7. The van der Waals surface area contributed by atoms with Crippen molar-refractivity contribution < 1.29 is 27.4 Å². The van der Waals surface area contributed by atoms with Gasteiger partial charge >= 0.3 is 0 Å². The summed E-state index contributed by atoms with van der Waals surface area (Å²) in [6.45, 7) is 2.60. The number of sulfone groups is 1. The molecule has 200 valence electrons. The second kappa shape index (κ2) is 11.6. The van der Waals surface area contributed by atoms with Crippen molar-refractivity contribution >= 4 is 21.4 Å². The van der Waals surface area contributed by atoms with Gasteiger partial charge in [-0.15, -0.1) is 10.2 Å². The van der Waals surface area contributed by atoms with E-state index in [1.54, 1.807) is 4.57 Å². The van der Waals surface area contributed by atoms with Gasteiger partial charge in [0.1, 0.15) is 24.0 Å². The van der Waals surface area contributed by atoms with Gasteiger partial charge in [-0.25, -0.2) is 18.4 Å². The molecule has 0 amide bonds. The Morgan fingerprint density at radius 2 is 1.78 bits per heavy atom. The van der Waals surface area contributed by atoms with Gasteiger partial charge in [-0.2, -0.15) is 9.97 Å². The quantitative estimate of drug-likeness (QED) is 0.361. The zero-order chi connectivity index (χ0) is 26.6. The molecule has 0 spiro atoms. The van der Waals surface area contributed by atoms with Crippen LogP contribution < -0.4 is 9.47 Å². The molecule has 1 aliphatic rings. The van der Waals surface area contributed by atoms with Crippen LogP contribution in [0.15, 0.2) is 18.7 Å². The molecule has 3 aromatic heterocycles. The molecule has 3 atom stereocenters. The normalized spacial score (nSPS) is 17.8. The van der Waals surface area contributed by atoms with Crippen LogP contribution in [0.25, 0.3) is 5.69 Å². The van der Waals surface area contributed by atoms with E-state index in [2.05, 4.69) is 30.1 Å². The van der Waals surface area contributed by atoms with Gasteiger partial charge in [0.05, 0.1) is 31.1 Å². The maximum absolute atomic E-state index is 13.7. The van der Waals surface area contributed by atoms with E-state index in [-0.39, 0.29) is 29.3 Å². The minimum absolute atomic E-state index is 0.126. The molecule has 13 nitrogen and oxygen atoms in total. The first-order chi connectivity index (χ1) is 17.8. The van der Waals surface area contributed by atoms with E-state index in [0.717, 1.165) is 12.8 Å². The average Bonchev–Trinajstić information content (AvgIpc) is 3.32. The van der Waals surface area contributed by atoms with Gasteiger partial charge in [-0.1, -0.05) is 11.6 Å². The van der Waals surface area contributed by atoms with Crippen LogP contribution >= 0.6 is 11.6 Å². The molecule has 0 unspecified atom stereocenters. The molecule has 37 heavy (non-hydrogen) atoms. The van der Waals surface area contributed by atoms with Crippen LogP contribution in [0.5, 0.6) is 11.8 Å². The Bertz CT molecular complexity index is 1290. The van der Waals surface area contributed by atoms with Crippen molar-refractivity contribution in [3.8, 4) is 17.4 Å². The third kappa shape index (κ3) is 5.66. The highest BCUT2D eigenvalue weighted by molar-refractivity contribution is 7.91. The van der Waals surface area contributed by atoms with Crippen molar-refractivity contribution in [3.05, 3.63) is 41.2 Å². The molecule has 1 aliphatic heterocycles. The van der Waals surface area contributed by atoms with Gasteiger partial charge in [-0.3, -0.25) is 4.57 Å². The summed E-state index contributed by atoms with van der Waals surface area (Å²) in [4.78, 5) is 16.7. The summed E-state index contributed by atoms with van der Waals surface area (Å²) >= 11 is 5.89. The molecule has 1 fully saturated rings. The van der Waals surface area contributed by atoms with Crippen molar-refractivity contribution in [2.24, 2.45) is 0 Å². The van der Waals surface area contributed by atoms with Crippen LogP contribution in [-0.2, 0) is 25.1 Å². The largest absolute Gasteiger partial charge is 0.479 e. The zero-order valence-electron chi connectivity index (χ0n) is 20.9. The fraction of sp³-hybridized carbons (Fsp3) is 0.545. The van der Waals surface area contributed by atoms with Gasteiger partial charge in [0, 0.05) is 32.0 Å². The lowest BCUT2D eigenvalue weighted by atomic mass is 10.0. The Kier molecular flexibility index (Phi) is 8.52. The molecular weight excluding hydrogens is 526 g/mol. The predicted octanol–water partition coefficient (Wildman–Crippen LogP) is 2.10. The summed E-state index contributed by atoms with van der Waals surface area (Å²) in [5.41, 5.74) is 0.306. The summed E-state index contributed by atoms with van der Waals surface area (Å²) in [5.74, 6) is 0.618. The molecule has 0 aromatic carbocycles. The number of halogens is 1. The zero-order valence-corrected chi connectivity index (χ0v) is 22.4. The van der Waals surface area contributed by atoms with Crippen LogP contribution in [0.3, 0.4) is 0 Å². The first-order valence-corrected chi connectivity index (χ1v) is 13.6. The highest BCUT2D eigenvalue weighted by Crippen LogP contribution is 2.35. The highest BCUT2D eigenvalue weighted by Gasteiger charge is 2.36. The fourth-order valence-corrected chi connectivity index (χ4v) is 5.71. The lowest BCUT2D eigenvalue weighted by molar-refractivity contribution is 0.0775. The van der Waals surface area contributed by atoms with Gasteiger partial charge in [0.2, 0.25) is 11.8 Å². The third-order valence-corrected chi connectivity index (χ3v) is 8.35. The minimum atomic E-state index is -3.88. The number of ether oxygens (including phenoxy) is 4. The van der Waals surface area contributed by atoms with E-state index >= 15 is 0 Å². The Morgan fingerprint density at radius 3 is 2.35 bits per heavy atom. The summed E-state index contributed by atoms with van der Waals surface area (Å²) in [7, 11) is 0.416. The van der Waals surface area contributed by atoms with Crippen molar-refractivity contribution in [2.75, 3.05) is 34.5 Å². The van der Waals surface area contributed by atoms with Crippen LogP contribution in [-0.4, -0.2) is 82.9 Å². The molecule has 15 heteroatoms. The molecule has 0 saturated carbocycles. The van der Waals surface area contributed by atoms with Crippen molar-refractivity contribution in [2.45, 2.75) is 42.8 Å². The van der Waals surface area contributed by atoms with Crippen LogP contribution in [0, 0.1) is 0 Å². The molecule has 1 saturated heterocycles. The van der Waals surface area contributed by atoms with E-state index in [0.29, 0.717) is 29.7 Å². The Hall–Kier alpha value is -2.94. The summed E-state index contributed by atoms with van der Waals surface area (Å²) in [5, 5.41) is 7.95. The number of aromatic nitrogens is 7. The predicted molar refractivity (Wildman–Crippen MR) is 132 cm³/mol. The molecule has 0 bridgehead atoms. The smallest absolute Gasteiger partial charge is 0.245 e. The second-order valence-corrected chi connectivity index (χ2v) is 11.2. The first kappa shape index (κ1) is 27.1. The molecule has 0 N–H and O–H groups in total. The van der Waals surface area contributed by atoms with Crippen LogP contribution in [0.2, 0.25) is 5.02 Å². The maximum Gasteiger partial charge on any atom is 0.245 e. The van der Waals surface area contributed by atoms with Crippen LogP contribution in [0.4, 0.5) is 0 Å². The Morgan fingerprint density at radius 1 is 1.11 bits per heavy atom. The van der Waals surface area contributed by atoms with Gasteiger partial charge < -0.3 is 18.9 Å². The molecule has 0 aliphatic carbocycles. The van der Waals surface area contributed by atoms with Gasteiger partial charge in [0.25, 0.3) is 0 Å². The van der Waals surface area contributed by atoms with E-state index in [1.165, 1.54) is 47.0 Å². The number of rotatable bonds is 10. The standard InChI is InChI=1S/C22H28ClN7O6S/c1-13(18(33-2)19-24-8-15(23)9-25-19)37(31,32)11-16-28-29-20(14-6-5-7-36-10-14)30(16)17-21(34-3)26-12-27-22(17)35-4/h8-9,12-14,18H,5-7,10-11H2,1-4H3/t13-,14+,18-/m0/s1. The van der Waals surface area contributed by atoms with Crippen LogP contribution in [0.1, 0.15) is 49.3 Å². The molecule has 4 heterocycles. The molecule has 0 radical (unpaired) electrons. The van der Waals surface area contributed by atoms with E-state index in [4.69, 9.17) is 30.5 Å². The Labute approximate surface area is 219 Å². The monoisotopic (exact) mass is 553 g/mol. The molecular formula is C22H28ClN7O6S. The SMILES string of the molecule is COc1ncnc(OC)c1-n1c(CS(=O)(=O)[C@@H](C)[C@H](OC)c2ncc(Cl)cn2)nnc1[C@@H]1CCCOC1. The second-order valence-electron chi connectivity index (χ2n) is 8.39. The van der Waals surface area contributed by atoms with Gasteiger partial charge in [-0.05, 0) is 19.8 Å². The van der Waals surface area contributed by atoms with Crippen molar-refractivity contribution in [1.82, 2.24) is 34.7 Å². The lowest BCUT2D eigenvalue weighted by Gasteiger charge is -2.24. The number of hydrogen-bond donors (Lipinski definition) is 0. The first-order valence-electron chi connectivity index (χ1n) is 11.5. The third-order valence-electron chi connectivity index (χ3n) is 6.12. The molecule has 4 rings (SSSR count). The number of methoxy groups -OCH3 is 3. The average molecular weight is 554 g/mol. The topological polar surface area (TPSA) is 153 Å². The number of hydrogen-bond acceptors (Lipinski definition) is 12. The lowest BCUT2D eigenvalue weighted by Crippen LogP contribution is -2.30. The summed E-state index contributed by atoms with van der Waals surface area (Å²) < 4.78 is 51.0. The highest BCUT2D eigenvalue weighted by atomic mass is 35.5. The fourth-order valence-electron chi connectivity index (χ4n) is 4.19. The molecule has 3 aromatic rings. The number of nitrogens with zero attached hydrogens (tertiary/aromatic N) is 7. The summed E-state index contributed by atoms with van der Waals surface area (Å²) in [6, 6.07) is 0. The Balaban J connectivity index is 1.78. The minimum Gasteiger partial charge on any atom is -0.479 e. The van der Waals surface area contributed by atoms with E-state index in [1.807, 2.05) is 0 Å². The van der Waals surface area contributed by atoms with E-state index in [9.17, 15) is 8.42 Å². The van der Waals surface area contributed by atoms with Crippen molar-refractivity contribution in [1.29, 1.82) is 0 Å².